The summed E-state index contributed by atoms with van der Waals surface area (Å²) in [4.78, 5) is 50.9. The van der Waals surface area contributed by atoms with Gasteiger partial charge in [-0.25, -0.2) is 9.69 Å². The molecule has 10 nitrogen and oxygen atoms in total. The number of benzene rings is 2. The van der Waals surface area contributed by atoms with E-state index in [2.05, 4.69) is 10.5 Å². The number of nitrogens with one attached hydrogen (secondary N) is 1. The molecule has 1 fully saturated rings. The molecule has 0 radical (unpaired) electrons. The summed E-state index contributed by atoms with van der Waals surface area (Å²) in [5, 5.41) is 15.5. The maximum absolute atomic E-state index is 13.7. The number of carbonyl (C=O) groups excluding carboxylic acids is 3. The Hall–Kier alpha value is -3.79. The van der Waals surface area contributed by atoms with Crippen molar-refractivity contribution in [3.8, 4) is 0 Å². The number of hydrogen-bond acceptors (Lipinski definition) is 8. The molecule has 2 aliphatic rings. The number of rotatable bonds is 4. The third-order valence-electron chi connectivity index (χ3n) is 5.39. The van der Waals surface area contributed by atoms with Gasteiger partial charge >= 0.3 is 5.97 Å². The smallest absolute Gasteiger partial charge is 0.355 e. The monoisotopic (exact) mass is 442 g/mol. The van der Waals surface area contributed by atoms with E-state index in [0.717, 1.165) is 17.6 Å². The van der Waals surface area contributed by atoms with Gasteiger partial charge < -0.3 is 4.74 Å². The van der Waals surface area contributed by atoms with Gasteiger partial charge in [0, 0.05) is 17.2 Å². The number of hydrogen-bond donors (Lipinski definition) is 1. The van der Waals surface area contributed by atoms with Crippen molar-refractivity contribution in [2.45, 2.75) is 12.5 Å². The maximum atomic E-state index is 13.7. The molecule has 0 bridgehead atoms. The van der Waals surface area contributed by atoms with Crippen molar-refractivity contribution in [1.29, 1.82) is 0 Å². The van der Waals surface area contributed by atoms with Gasteiger partial charge in [-0.05, 0) is 30.2 Å². The van der Waals surface area contributed by atoms with Crippen molar-refractivity contribution in [2.75, 3.05) is 12.0 Å². The lowest BCUT2D eigenvalue weighted by atomic mass is 9.78. The van der Waals surface area contributed by atoms with Gasteiger partial charge in [-0.1, -0.05) is 29.8 Å². The second kappa shape index (κ2) is 7.17. The van der Waals surface area contributed by atoms with E-state index in [1.807, 2.05) is 0 Å². The van der Waals surface area contributed by atoms with E-state index >= 15 is 0 Å². The van der Waals surface area contributed by atoms with Crippen LogP contribution in [-0.4, -0.2) is 35.5 Å². The number of imide groups is 1. The van der Waals surface area contributed by atoms with Crippen molar-refractivity contribution >= 4 is 46.5 Å². The molecule has 2 heterocycles. The van der Waals surface area contributed by atoms with Crippen LogP contribution in [0, 0.1) is 23.0 Å². The molecule has 11 heteroatoms. The first-order valence-corrected chi connectivity index (χ1v) is 9.42. The van der Waals surface area contributed by atoms with Gasteiger partial charge in [0.05, 0.1) is 17.7 Å². The highest BCUT2D eigenvalue weighted by Gasteiger charge is 2.67. The van der Waals surface area contributed by atoms with E-state index in [1.54, 1.807) is 19.1 Å². The molecular formula is C20H15ClN4O6. The molecule has 2 aliphatic heterocycles. The number of methoxy groups -OCH3 is 1. The topological polar surface area (TPSA) is 131 Å². The second-order valence-corrected chi connectivity index (χ2v) is 7.47. The van der Waals surface area contributed by atoms with Crippen molar-refractivity contribution in [3.63, 3.8) is 0 Å². The van der Waals surface area contributed by atoms with Gasteiger partial charge in [-0.3, -0.25) is 25.1 Å². The van der Waals surface area contributed by atoms with Crippen molar-refractivity contribution in [1.82, 2.24) is 5.43 Å². The van der Waals surface area contributed by atoms with Crippen LogP contribution in [0.5, 0.6) is 0 Å². The molecule has 2 unspecified atom stereocenters. The third kappa shape index (κ3) is 2.87. The van der Waals surface area contributed by atoms with Crippen LogP contribution in [0.25, 0.3) is 0 Å². The van der Waals surface area contributed by atoms with Gasteiger partial charge in [-0.2, -0.15) is 5.10 Å². The Kier molecular flexibility index (Phi) is 4.74. The third-order valence-corrected chi connectivity index (χ3v) is 5.79. The summed E-state index contributed by atoms with van der Waals surface area (Å²) in [5.74, 6) is -3.75. The Morgan fingerprint density at radius 1 is 1.29 bits per heavy atom. The molecule has 0 aliphatic carbocycles. The van der Waals surface area contributed by atoms with E-state index < -0.39 is 34.2 Å². The molecule has 4 rings (SSSR count). The zero-order valence-electron chi connectivity index (χ0n) is 16.3. The molecule has 1 N–H and O–H groups in total. The van der Waals surface area contributed by atoms with E-state index in [4.69, 9.17) is 16.3 Å². The zero-order valence-corrected chi connectivity index (χ0v) is 17.0. The average Bonchev–Trinajstić information content (AvgIpc) is 3.26. The normalized spacial score (nSPS) is 22.1. The number of hydrazone groups is 1. The van der Waals surface area contributed by atoms with Crippen LogP contribution in [-0.2, 0) is 24.7 Å². The molecule has 2 aromatic rings. The van der Waals surface area contributed by atoms with Gasteiger partial charge in [0.15, 0.2) is 11.3 Å². The quantitative estimate of drug-likeness (QED) is 0.332. The largest absolute Gasteiger partial charge is 0.464 e. The first-order chi connectivity index (χ1) is 14.7. The predicted octanol–water partition coefficient (Wildman–Crippen LogP) is 2.07. The first kappa shape index (κ1) is 20.5. The second-order valence-electron chi connectivity index (χ2n) is 7.06. The van der Waals surface area contributed by atoms with E-state index in [9.17, 15) is 24.5 Å². The van der Waals surface area contributed by atoms with E-state index in [0.29, 0.717) is 5.02 Å². The minimum atomic E-state index is -1.84. The average molecular weight is 443 g/mol. The fraction of sp³-hybridized carbons (Fsp3) is 0.200. The predicted molar refractivity (Wildman–Crippen MR) is 110 cm³/mol. The molecule has 158 valence electrons. The van der Waals surface area contributed by atoms with E-state index in [1.165, 1.54) is 30.3 Å². The summed E-state index contributed by atoms with van der Waals surface area (Å²) in [5.41, 5.74) is 1.25. The summed E-state index contributed by atoms with van der Waals surface area (Å²) in [6.45, 7) is 1.77. The van der Waals surface area contributed by atoms with Gasteiger partial charge in [0.25, 0.3) is 11.6 Å². The lowest BCUT2D eigenvalue weighted by molar-refractivity contribution is -0.385. The number of amides is 2. The summed E-state index contributed by atoms with van der Waals surface area (Å²) in [7, 11) is 1.12. The number of nitro benzene ring substituents is 1. The SMILES string of the molecule is COC(=O)C1=NNC2(c3cccc([N+](=O)[O-])c3)C(=O)N(c3ccc(C)c(Cl)c3)C(=O)C12. The van der Waals surface area contributed by atoms with Crippen molar-refractivity contribution in [3.05, 3.63) is 68.7 Å². The minimum absolute atomic E-state index is 0.119. The van der Waals surface area contributed by atoms with Crippen LogP contribution >= 0.6 is 11.6 Å². The molecule has 2 atom stereocenters. The summed E-state index contributed by atoms with van der Waals surface area (Å²) in [6, 6.07) is 9.93. The zero-order chi connectivity index (χ0) is 22.5. The lowest BCUT2D eigenvalue weighted by Gasteiger charge is -2.26. The number of fused-ring (bicyclic) bond motifs is 1. The highest BCUT2D eigenvalue weighted by atomic mass is 35.5. The molecule has 0 aromatic heterocycles. The molecule has 2 aromatic carbocycles. The summed E-state index contributed by atoms with van der Waals surface area (Å²) in [6.07, 6.45) is 0. The number of nitro groups is 1. The molecule has 0 saturated carbocycles. The number of anilines is 1. The van der Waals surface area contributed by atoms with Gasteiger partial charge in [0.1, 0.15) is 5.92 Å². The van der Waals surface area contributed by atoms with Gasteiger partial charge in [0.2, 0.25) is 5.91 Å². The van der Waals surface area contributed by atoms with Crippen LogP contribution in [0.1, 0.15) is 11.1 Å². The Balaban J connectivity index is 1.92. The fourth-order valence-corrected chi connectivity index (χ4v) is 3.99. The Morgan fingerprint density at radius 3 is 2.68 bits per heavy atom. The van der Waals surface area contributed by atoms with Crippen LogP contribution in [0.15, 0.2) is 47.6 Å². The Morgan fingerprint density at radius 2 is 2.03 bits per heavy atom. The fourth-order valence-electron chi connectivity index (χ4n) is 3.81. The number of halogens is 1. The standard InChI is InChI=1S/C20H15ClN4O6/c1-10-6-7-12(9-14(10)21)24-17(26)15-16(18(27)31-2)22-23-20(15,19(24)28)11-4-3-5-13(8-11)25(29)30/h3-9,15,23H,1-2H3. The van der Waals surface area contributed by atoms with Crippen LogP contribution in [0.2, 0.25) is 5.02 Å². The first-order valence-electron chi connectivity index (χ1n) is 9.05. The molecule has 31 heavy (non-hydrogen) atoms. The lowest BCUT2D eigenvalue weighted by Crippen LogP contribution is -2.48. The Labute approximate surface area is 180 Å². The number of ether oxygens (including phenoxy) is 1. The number of nitrogens with zero attached hydrogens (tertiary/aromatic N) is 3. The van der Waals surface area contributed by atoms with Crippen LogP contribution in [0.4, 0.5) is 11.4 Å². The Bertz CT molecular complexity index is 1200. The van der Waals surface area contributed by atoms with Crippen LogP contribution in [0.3, 0.4) is 0 Å². The maximum Gasteiger partial charge on any atom is 0.355 e. The van der Waals surface area contributed by atoms with Gasteiger partial charge in [-0.15, -0.1) is 0 Å². The number of esters is 1. The molecule has 2 amide bonds. The number of non-ortho nitro benzene ring substituents is 1. The number of aryl methyl sites for hydroxylation is 1. The minimum Gasteiger partial charge on any atom is -0.464 e. The van der Waals surface area contributed by atoms with Crippen molar-refractivity contribution < 1.29 is 24.0 Å². The molecule has 1 saturated heterocycles. The number of carbonyl (C=O) groups is 3. The van der Waals surface area contributed by atoms with E-state index in [-0.39, 0.29) is 22.6 Å². The summed E-state index contributed by atoms with van der Waals surface area (Å²) < 4.78 is 4.72. The summed E-state index contributed by atoms with van der Waals surface area (Å²) >= 11 is 6.18. The van der Waals surface area contributed by atoms with Crippen molar-refractivity contribution in [2.24, 2.45) is 11.0 Å². The van der Waals surface area contributed by atoms with Crippen LogP contribution < -0.4 is 10.3 Å². The molecule has 0 spiro atoms. The highest BCUT2D eigenvalue weighted by molar-refractivity contribution is 6.47. The highest BCUT2D eigenvalue weighted by Crippen LogP contribution is 2.46. The molecular weight excluding hydrogens is 428 g/mol.